The summed E-state index contributed by atoms with van der Waals surface area (Å²) >= 11 is 0. The van der Waals surface area contributed by atoms with Crippen molar-refractivity contribution in [3.63, 3.8) is 0 Å². The lowest BCUT2D eigenvalue weighted by Gasteiger charge is -2.21. The highest BCUT2D eigenvalue weighted by molar-refractivity contribution is 5.55. The Labute approximate surface area is 115 Å². The maximum Gasteiger partial charge on any atom is 0.161 e. The molecule has 0 spiro atoms. The third-order valence-corrected chi connectivity index (χ3v) is 2.97. The Bertz CT molecular complexity index is 494. The molecule has 0 amide bonds. The number of hydrogen-bond acceptors (Lipinski definition) is 3. The molecule has 0 saturated carbocycles. The molecule has 19 heavy (non-hydrogen) atoms. The zero-order chi connectivity index (χ0) is 13.7. The molecular formula is C16H20N2O. The van der Waals surface area contributed by atoms with Gasteiger partial charge in [-0.15, -0.1) is 0 Å². The van der Waals surface area contributed by atoms with E-state index < -0.39 is 0 Å². The molecule has 0 heterocycles. The predicted octanol–water partition coefficient (Wildman–Crippen LogP) is 3.23. The summed E-state index contributed by atoms with van der Waals surface area (Å²) in [5.41, 5.74) is 2.34. The second-order valence-electron chi connectivity index (χ2n) is 4.70. The molecule has 0 aliphatic carbocycles. The van der Waals surface area contributed by atoms with Gasteiger partial charge in [0.15, 0.2) is 6.73 Å². The first-order chi connectivity index (χ1) is 9.16. The number of hydrogen-bond donors (Lipinski definition) is 0. The molecule has 2 rings (SSSR count). The van der Waals surface area contributed by atoms with Crippen molar-refractivity contribution < 1.29 is 4.74 Å². The van der Waals surface area contributed by atoms with Crippen molar-refractivity contribution in [2.75, 3.05) is 37.7 Å². The first-order valence-corrected chi connectivity index (χ1v) is 6.33. The lowest BCUT2D eigenvalue weighted by molar-refractivity contribution is 0.321. The van der Waals surface area contributed by atoms with E-state index in [2.05, 4.69) is 34.1 Å². The third-order valence-electron chi connectivity index (χ3n) is 2.97. The van der Waals surface area contributed by atoms with Crippen LogP contribution in [0.15, 0.2) is 54.6 Å². The van der Waals surface area contributed by atoms with Crippen LogP contribution < -0.4 is 14.5 Å². The number of benzene rings is 2. The van der Waals surface area contributed by atoms with Gasteiger partial charge in [-0.05, 0) is 36.4 Å². The van der Waals surface area contributed by atoms with Crippen LogP contribution in [0.4, 0.5) is 11.4 Å². The Morgan fingerprint density at radius 2 is 1.37 bits per heavy atom. The molecule has 0 fully saturated rings. The van der Waals surface area contributed by atoms with E-state index in [1.807, 2.05) is 51.5 Å². The lowest BCUT2D eigenvalue weighted by atomic mass is 10.2. The Morgan fingerprint density at radius 3 is 1.95 bits per heavy atom. The maximum atomic E-state index is 5.72. The highest BCUT2D eigenvalue weighted by Crippen LogP contribution is 2.19. The fourth-order valence-electron chi connectivity index (χ4n) is 1.77. The first-order valence-electron chi connectivity index (χ1n) is 6.33. The zero-order valence-electron chi connectivity index (χ0n) is 11.7. The van der Waals surface area contributed by atoms with E-state index >= 15 is 0 Å². The smallest absolute Gasteiger partial charge is 0.161 e. The Kier molecular flexibility index (Phi) is 4.29. The number of anilines is 2. The molecule has 100 valence electrons. The fourth-order valence-corrected chi connectivity index (χ4v) is 1.77. The molecule has 0 N–H and O–H groups in total. The van der Waals surface area contributed by atoms with Crippen molar-refractivity contribution >= 4 is 11.4 Å². The zero-order valence-corrected chi connectivity index (χ0v) is 11.7. The number of rotatable bonds is 5. The van der Waals surface area contributed by atoms with Crippen LogP contribution in [-0.4, -0.2) is 27.9 Å². The molecule has 0 aliphatic rings. The van der Waals surface area contributed by atoms with Crippen LogP contribution in [0.2, 0.25) is 0 Å². The van der Waals surface area contributed by atoms with Gasteiger partial charge in [0, 0.05) is 32.5 Å². The summed E-state index contributed by atoms with van der Waals surface area (Å²) in [6, 6.07) is 18.3. The Morgan fingerprint density at radius 1 is 0.789 bits per heavy atom. The van der Waals surface area contributed by atoms with Crippen molar-refractivity contribution in [1.82, 2.24) is 0 Å². The largest absolute Gasteiger partial charge is 0.473 e. The van der Waals surface area contributed by atoms with Crippen LogP contribution in [0.1, 0.15) is 0 Å². The van der Waals surface area contributed by atoms with Gasteiger partial charge in [0.2, 0.25) is 0 Å². The predicted molar refractivity (Wildman–Crippen MR) is 81.1 cm³/mol. The molecule has 0 aliphatic heterocycles. The molecule has 0 bridgehead atoms. The summed E-state index contributed by atoms with van der Waals surface area (Å²) in [5, 5.41) is 0. The topological polar surface area (TPSA) is 15.7 Å². The fraction of sp³-hybridized carbons (Fsp3) is 0.250. The van der Waals surface area contributed by atoms with Crippen LogP contribution >= 0.6 is 0 Å². The first kappa shape index (κ1) is 13.3. The van der Waals surface area contributed by atoms with E-state index in [-0.39, 0.29) is 0 Å². The van der Waals surface area contributed by atoms with Gasteiger partial charge >= 0.3 is 0 Å². The second-order valence-corrected chi connectivity index (χ2v) is 4.70. The SMILES string of the molecule is CN(C)c1ccc(N(C)COc2ccccc2)cc1. The minimum atomic E-state index is 0.533. The number of para-hydroxylation sites is 1. The van der Waals surface area contributed by atoms with Gasteiger partial charge in [-0.1, -0.05) is 18.2 Å². The van der Waals surface area contributed by atoms with Gasteiger partial charge in [-0.2, -0.15) is 0 Å². The van der Waals surface area contributed by atoms with Gasteiger partial charge in [-0.3, -0.25) is 0 Å². The quantitative estimate of drug-likeness (QED) is 0.764. The highest BCUT2D eigenvalue weighted by atomic mass is 16.5. The summed E-state index contributed by atoms with van der Waals surface area (Å²) < 4.78 is 5.72. The summed E-state index contributed by atoms with van der Waals surface area (Å²) in [6.45, 7) is 0.533. The molecule has 0 saturated heterocycles. The minimum absolute atomic E-state index is 0.533. The molecule has 3 nitrogen and oxygen atoms in total. The normalized spacial score (nSPS) is 10.1. The van der Waals surface area contributed by atoms with E-state index in [1.54, 1.807) is 0 Å². The van der Waals surface area contributed by atoms with Crippen molar-refractivity contribution in [1.29, 1.82) is 0 Å². The molecule has 0 aromatic heterocycles. The van der Waals surface area contributed by atoms with E-state index in [4.69, 9.17) is 4.74 Å². The second kappa shape index (κ2) is 6.14. The molecule has 0 atom stereocenters. The molecule has 2 aromatic carbocycles. The molecule has 2 aromatic rings. The molecular weight excluding hydrogens is 236 g/mol. The third kappa shape index (κ3) is 3.65. The van der Waals surface area contributed by atoms with E-state index in [0.29, 0.717) is 6.73 Å². The van der Waals surface area contributed by atoms with Crippen LogP contribution in [0.25, 0.3) is 0 Å². The summed E-state index contributed by atoms with van der Waals surface area (Å²) in [7, 11) is 6.10. The Hall–Kier alpha value is -2.16. The number of ether oxygens (including phenoxy) is 1. The summed E-state index contributed by atoms with van der Waals surface area (Å²) in [5.74, 6) is 0.888. The van der Waals surface area contributed by atoms with E-state index in [9.17, 15) is 0 Å². The van der Waals surface area contributed by atoms with Gasteiger partial charge < -0.3 is 14.5 Å². The highest BCUT2D eigenvalue weighted by Gasteiger charge is 2.02. The van der Waals surface area contributed by atoms with Crippen LogP contribution in [0.3, 0.4) is 0 Å². The van der Waals surface area contributed by atoms with Crippen molar-refractivity contribution in [3.05, 3.63) is 54.6 Å². The number of nitrogens with zero attached hydrogens (tertiary/aromatic N) is 2. The van der Waals surface area contributed by atoms with Crippen molar-refractivity contribution in [2.45, 2.75) is 0 Å². The average molecular weight is 256 g/mol. The average Bonchev–Trinajstić information content (AvgIpc) is 2.46. The van der Waals surface area contributed by atoms with Gasteiger partial charge in [0.1, 0.15) is 5.75 Å². The van der Waals surface area contributed by atoms with Crippen LogP contribution in [0, 0.1) is 0 Å². The summed E-state index contributed by atoms with van der Waals surface area (Å²) in [4.78, 5) is 4.16. The lowest BCUT2D eigenvalue weighted by Crippen LogP contribution is -2.23. The van der Waals surface area contributed by atoms with E-state index in [0.717, 1.165) is 11.4 Å². The molecule has 0 unspecified atom stereocenters. The monoisotopic (exact) mass is 256 g/mol. The minimum Gasteiger partial charge on any atom is -0.473 e. The standard InChI is InChI=1S/C16H20N2O/c1-17(2)14-9-11-15(12-10-14)18(3)13-19-16-7-5-4-6-8-16/h4-12H,13H2,1-3H3. The Balaban J connectivity index is 1.94. The van der Waals surface area contributed by atoms with Crippen LogP contribution in [-0.2, 0) is 0 Å². The maximum absolute atomic E-state index is 5.72. The molecule has 0 radical (unpaired) electrons. The van der Waals surface area contributed by atoms with Gasteiger partial charge in [0.05, 0.1) is 0 Å². The summed E-state index contributed by atoms with van der Waals surface area (Å²) in [6.07, 6.45) is 0. The van der Waals surface area contributed by atoms with Crippen molar-refractivity contribution in [3.8, 4) is 5.75 Å². The molecule has 3 heteroatoms. The van der Waals surface area contributed by atoms with Crippen LogP contribution in [0.5, 0.6) is 5.75 Å². The van der Waals surface area contributed by atoms with Gasteiger partial charge in [0.25, 0.3) is 0 Å². The van der Waals surface area contributed by atoms with Gasteiger partial charge in [-0.25, -0.2) is 0 Å². The van der Waals surface area contributed by atoms with E-state index in [1.165, 1.54) is 5.69 Å². The van der Waals surface area contributed by atoms with Crippen molar-refractivity contribution in [2.24, 2.45) is 0 Å².